The van der Waals surface area contributed by atoms with Gasteiger partial charge in [0, 0.05) is 16.5 Å². The van der Waals surface area contributed by atoms with Crippen LogP contribution >= 0.6 is 0 Å². The fourth-order valence-corrected chi connectivity index (χ4v) is 5.82. The monoisotopic (exact) mass is 649 g/mol. The fraction of sp³-hybridized carbons (Fsp3) is 0.471. The molecule has 0 aliphatic carbocycles. The first-order chi connectivity index (χ1) is 22.0. The second-order valence-corrected chi connectivity index (χ2v) is 13.4. The summed E-state index contributed by atoms with van der Waals surface area (Å²) in [5, 5.41) is 3.09. The van der Waals surface area contributed by atoms with Crippen molar-refractivity contribution in [3.05, 3.63) is 56.9 Å². The molecular formula is C34H39N3O10. The summed E-state index contributed by atoms with van der Waals surface area (Å²) in [7, 11) is 0. The molecule has 2 aliphatic rings. The van der Waals surface area contributed by atoms with Gasteiger partial charge in [-0.3, -0.25) is 9.59 Å². The molecule has 47 heavy (non-hydrogen) atoms. The van der Waals surface area contributed by atoms with E-state index in [0.29, 0.717) is 23.3 Å². The van der Waals surface area contributed by atoms with Crippen molar-refractivity contribution >= 4 is 35.1 Å². The van der Waals surface area contributed by atoms with Crippen LogP contribution < -0.4 is 15.6 Å². The van der Waals surface area contributed by atoms with Crippen LogP contribution in [0.5, 0.6) is 5.75 Å². The van der Waals surface area contributed by atoms with Gasteiger partial charge in [0.1, 0.15) is 30.1 Å². The standard InChI is InChI=1S/C34H39N3O10/c1-9-19-20-13-18(44-31(42)47-33(6,7)8)11-12-24(20)36-27-21(19)16-37-25(27)14-23-22(28(37)39)17-43-29(40)34(23,10-2)45-26(38)15-35-30(41)46-32(3,4)5/h11-14H,9-10,15-17H2,1-8H3,(H,35,41). The molecule has 5 rings (SSSR count). The first-order valence-electron chi connectivity index (χ1n) is 15.5. The summed E-state index contributed by atoms with van der Waals surface area (Å²) in [6.45, 7) is 13.3. The van der Waals surface area contributed by atoms with Crippen LogP contribution in [0.1, 0.15) is 84.1 Å². The molecule has 1 unspecified atom stereocenters. The number of nitrogens with zero attached hydrogens (tertiary/aromatic N) is 2. The highest BCUT2D eigenvalue weighted by Crippen LogP contribution is 2.42. The van der Waals surface area contributed by atoms with Gasteiger partial charge in [0.05, 0.1) is 29.0 Å². The third-order valence-corrected chi connectivity index (χ3v) is 7.75. The number of alkyl carbamates (subject to hydrolysis) is 1. The van der Waals surface area contributed by atoms with E-state index in [1.807, 2.05) is 6.92 Å². The van der Waals surface area contributed by atoms with Crippen molar-refractivity contribution < 1.29 is 42.9 Å². The predicted octanol–water partition coefficient (Wildman–Crippen LogP) is 5.03. The lowest BCUT2D eigenvalue weighted by molar-refractivity contribution is -0.188. The van der Waals surface area contributed by atoms with E-state index < -0.39 is 53.1 Å². The topological polar surface area (TPSA) is 161 Å². The number of rotatable bonds is 6. The van der Waals surface area contributed by atoms with Gasteiger partial charge in [-0.1, -0.05) is 13.8 Å². The summed E-state index contributed by atoms with van der Waals surface area (Å²) in [6, 6.07) is 6.73. The molecule has 0 saturated heterocycles. The van der Waals surface area contributed by atoms with Crippen molar-refractivity contribution in [1.82, 2.24) is 14.9 Å². The van der Waals surface area contributed by atoms with E-state index in [1.165, 1.54) is 0 Å². The third kappa shape index (κ3) is 6.51. The number of ether oxygens (including phenoxy) is 5. The van der Waals surface area contributed by atoms with Gasteiger partial charge >= 0.3 is 24.2 Å². The van der Waals surface area contributed by atoms with Crippen LogP contribution in [-0.4, -0.2) is 51.5 Å². The van der Waals surface area contributed by atoms with Gasteiger partial charge < -0.3 is 33.6 Å². The third-order valence-electron chi connectivity index (χ3n) is 7.75. The van der Waals surface area contributed by atoms with Crippen LogP contribution in [-0.2, 0) is 53.7 Å². The number of fused-ring (bicyclic) bond motifs is 5. The Balaban J connectivity index is 1.53. The lowest BCUT2D eigenvalue weighted by Crippen LogP contribution is -2.49. The van der Waals surface area contributed by atoms with E-state index in [-0.39, 0.29) is 36.4 Å². The Morgan fingerprint density at radius 1 is 1.00 bits per heavy atom. The molecule has 13 nitrogen and oxygen atoms in total. The van der Waals surface area contributed by atoms with Crippen molar-refractivity contribution in [2.45, 2.75) is 98.2 Å². The Hall–Kier alpha value is -4.94. The van der Waals surface area contributed by atoms with Gasteiger partial charge in [-0.15, -0.1) is 0 Å². The molecule has 2 aliphatic heterocycles. The number of cyclic esters (lactones) is 1. The minimum atomic E-state index is -1.92. The van der Waals surface area contributed by atoms with Crippen LogP contribution in [0.15, 0.2) is 29.1 Å². The van der Waals surface area contributed by atoms with E-state index in [1.54, 1.807) is 77.3 Å². The molecule has 1 atom stereocenters. The lowest BCUT2D eigenvalue weighted by Gasteiger charge is -2.35. The number of amides is 1. The summed E-state index contributed by atoms with van der Waals surface area (Å²) >= 11 is 0. The zero-order valence-electron chi connectivity index (χ0n) is 27.8. The van der Waals surface area contributed by atoms with Crippen LogP contribution in [0.25, 0.3) is 22.3 Å². The molecule has 0 radical (unpaired) electrons. The van der Waals surface area contributed by atoms with E-state index in [2.05, 4.69) is 5.32 Å². The highest BCUT2D eigenvalue weighted by Gasteiger charge is 2.50. The molecule has 3 aromatic rings. The Morgan fingerprint density at radius 3 is 2.34 bits per heavy atom. The smallest absolute Gasteiger partial charge is 0.457 e. The number of aromatic nitrogens is 2. The average Bonchev–Trinajstić information content (AvgIpc) is 3.33. The van der Waals surface area contributed by atoms with Gasteiger partial charge in [0.2, 0.25) is 5.60 Å². The van der Waals surface area contributed by atoms with Crippen LogP contribution in [0, 0.1) is 0 Å². The SMILES string of the molecule is CCc1c2c(nc3ccc(OC(=O)OC(C)(C)C)cc13)-c1cc3c(c(=O)n1C2)COC(=O)C3(CC)OC(=O)CNC(=O)OC(C)(C)C. The van der Waals surface area contributed by atoms with Crippen molar-refractivity contribution in [2.24, 2.45) is 0 Å². The average molecular weight is 650 g/mol. The van der Waals surface area contributed by atoms with Gasteiger partial charge in [-0.2, -0.15) is 0 Å². The minimum absolute atomic E-state index is 0.0292. The molecule has 4 heterocycles. The predicted molar refractivity (Wildman–Crippen MR) is 169 cm³/mol. The van der Waals surface area contributed by atoms with Gasteiger partial charge in [-0.25, -0.2) is 19.4 Å². The van der Waals surface area contributed by atoms with Crippen LogP contribution in [0.2, 0.25) is 0 Å². The Labute approximate surface area is 271 Å². The molecule has 0 saturated carbocycles. The minimum Gasteiger partial charge on any atom is -0.457 e. The summed E-state index contributed by atoms with van der Waals surface area (Å²) in [5.41, 5.74) is -0.0759. The zero-order valence-corrected chi connectivity index (χ0v) is 27.8. The number of carbonyl (C=O) groups is 4. The van der Waals surface area contributed by atoms with Gasteiger partial charge in [-0.05, 0) is 84.2 Å². The maximum absolute atomic E-state index is 14.0. The molecule has 1 aromatic carbocycles. The molecule has 0 bridgehead atoms. The number of carbonyl (C=O) groups excluding carboxylic acids is 4. The number of hydrogen-bond donors (Lipinski definition) is 1. The highest BCUT2D eigenvalue weighted by molar-refractivity contribution is 5.91. The van der Waals surface area contributed by atoms with Crippen molar-refractivity contribution in [2.75, 3.05) is 6.54 Å². The maximum atomic E-state index is 14.0. The molecule has 0 spiro atoms. The number of aryl methyl sites for hydroxylation is 1. The fourth-order valence-electron chi connectivity index (χ4n) is 5.82. The normalized spacial score (nSPS) is 16.8. The van der Waals surface area contributed by atoms with Gasteiger partial charge in [0.15, 0.2) is 0 Å². The highest BCUT2D eigenvalue weighted by atomic mass is 16.7. The molecule has 13 heteroatoms. The van der Waals surface area contributed by atoms with Crippen LogP contribution in [0.4, 0.5) is 9.59 Å². The first-order valence-corrected chi connectivity index (χ1v) is 15.5. The van der Waals surface area contributed by atoms with Gasteiger partial charge in [0.25, 0.3) is 5.56 Å². The second kappa shape index (κ2) is 12.0. The Morgan fingerprint density at radius 2 is 1.70 bits per heavy atom. The lowest BCUT2D eigenvalue weighted by atomic mass is 9.85. The molecular weight excluding hydrogens is 610 g/mol. The van der Waals surface area contributed by atoms with Crippen LogP contribution in [0.3, 0.4) is 0 Å². The molecule has 2 aromatic heterocycles. The number of pyridine rings is 2. The Bertz CT molecular complexity index is 1870. The van der Waals surface area contributed by atoms with E-state index in [4.69, 9.17) is 28.7 Å². The number of benzene rings is 1. The molecule has 1 N–H and O–H groups in total. The second-order valence-electron chi connectivity index (χ2n) is 13.4. The first kappa shape index (κ1) is 33.4. The summed E-state index contributed by atoms with van der Waals surface area (Å²) in [4.78, 5) is 69.6. The summed E-state index contributed by atoms with van der Waals surface area (Å²) in [5.74, 6) is -1.44. The van der Waals surface area contributed by atoms with Crippen molar-refractivity contribution in [3.63, 3.8) is 0 Å². The van der Waals surface area contributed by atoms with E-state index >= 15 is 0 Å². The zero-order chi connectivity index (χ0) is 34.5. The number of esters is 2. The summed E-state index contributed by atoms with van der Waals surface area (Å²) in [6.07, 6.45) is -1.10. The Kier molecular flexibility index (Phi) is 8.54. The molecule has 0 fully saturated rings. The number of nitrogens with one attached hydrogen (secondary N) is 1. The molecule has 250 valence electrons. The summed E-state index contributed by atoms with van der Waals surface area (Å²) < 4.78 is 28.6. The number of hydrogen-bond acceptors (Lipinski definition) is 11. The van der Waals surface area contributed by atoms with E-state index in [0.717, 1.165) is 16.5 Å². The van der Waals surface area contributed by atoms with Crippen molar-refractivity contribution in [1.29, 1.82) is 0 Å². The molecule has 1 amide bonds. The van der Waals surface area contributed by atoms with E-state index in [9.17, 15) is 24.0 Å². The quantitative estimate of drug-likeness (QED) is 0.169. The maximum Gasteiger partial charge on any atom is 0.514 e. The largest absolute Gasteiger partial charge is 0.514 e. The van der Waals surface area contributed by atoms with Crippen molar-refractivity contribution in [3.8, 4) is 17.1 Å².